The number of amides is 1. The number of anilines is 1. The maximum absolute atomic E-state index is 12.4. The highest BCUT2D eigenvalue weighted by molar-refractivity contribution is 8.00. The SMILES string of the molecule is COc1ccc(Cl)c(NC(=O)CSc2nc(C)c3c(c2C#N)CCCC3)c1. The van der Waals surface area contributed by atoms with E-state index in [2.05, 4.69) is 16.4 Å². The predicted molar refractivity (Wildman–Crippen MR) is 108 cm³/mol. The number of benzene rings is 1. The summed E-state index contributed by atoms with van der Waals surface area (Å²) in [6.45, 7) is 1.98. The molecule has 1 amide bonds. The lowest BCUT2D eigenvalue weighted by Gasteiger charge is -2.20. The highest BCUT2D eigenvalue weighted by Gasteiger charge is 2.21. The summed E-state index contributed by atoms with van der Waals surface area (Å²) >= 11 is 7.41. The van der Waals surface area contributed by atoms with E-state index in [-0.39, 0.29) is 11.7 Å². The van der Waals surface area contributed by atoms with Gasteiger partial charge in [0.2, 0.25) is 5.91 Å². The molecule has 0 saturated heterocycles. The third-order valence-electron chi connectivity index (χ3n) is 4.59. The van der Waals surface area contributed by atoms with E-state index in [1.807, 2.05) is 6.92 Å². The fraction of sp³-hybridized carbons (Fsp3) is 0.350. The molecule has 0 radical (unpaired) electrons. The number of nitrogens with one attached hydrogen (secondary N) is 1. The van der Waals surface area contributed by atoms with Gasteiger partial charge in [0.05, 0.1) is 29.1 Å². The average Bonchev–Trinajstić information content (AvgIpc) is 2.68. The van der Waals surface area contributed by atoms with E-state index in [0.29, 0.717) is 27.0 Å². The zero-order chi connectivity index (χ0) is 19.4. The Morgan fingerprint density at radius 3 is 2.81 bits per heavy atom. The second kappa shape index (κ2) is 8.64. The Bertz CT molecular complexity index is 924. The molecule has 0 aliphatic heterocycles. The molecule has 0 bridgehead atoms. The number of thioether (sulfide) groups is 1. The summed E-state index contributed by atoms with van der Waals surface area (Å²) in [6, 6.07) is 7.37. The van der Waals surface area contributed by atoms with Crippen LogP contribution in [0.1, 0.15) is 35.2 Å². The van der Waals surface area contributed by atoms with Crippen LogP contribution in [0.25, 0.3) is 0 Å². The molecule has 27 heavy (non-hydrogen) atoms. The lowest BCUT2D eigenvalue weighted by molar-refractivity contribution is -0.113. The van der Waals surface area contributed by atoms with Crippen LogP contribution in [0.2, 0.25) is 5.02 Å². The van der Waals surface area contributed by atoms with Crippen molar-refractivity contribution >= 4 is 35.0 Å². The van der Waals surface area contributed by atoms with Crippen molar-refractivity contribution in [1.82, 2.24) is 4.98 Å². The van der Waals surface area contributed by atoms with Gasteiger partial charge in [0.15, 0.2) is 0 Å². The molecule has 1 heterocycles. The Morgan fingerprint density at radius 2 is 2.11 bits per heavy atom. The summed E-state index contributed by atoms with van der Waals surface area (Å²) in [7, 11) is 1.55. The number of hydrogen-bond acceptors (Lipinski definition) is 5. The largest absolute Gasteiger partial charge is 0.497 e. The molecule has 0 atom stereocenters. The van der Waals surface area contributed by atoms with Gasteiger partial charge in [0.25, 0.3) is 0 Å². The smallest absolute Gasteiger partial charge is 0.234 e. The summed E-state index contributed by atoms with van der Waals surface area (Å²) in [5, 5.41) is 13.5. The molecule has 1 aromatic carbocycles. The van der Waals surface area contributed by atoms with Gasteiger partial charge >= 0.3 is 0 Å². The van der Waals surface area contributed by atoms with Crippen molar-refractivity contribution in [2.24, 2.45) is 0 Å². The van der Waals surface area contributed by atoms with E-state index in [4.69, 9.17) is 16.3 Å². The first-order chi connectivity index (χ1) is 13.0. The Hall–Kier alpha value is -2.23. The molecular formula is C20H20ClN3O2S. The summed E-state index contributed by atoms with van der Waals surface area (Å²) in [4.78, 5) is 17.0. The van der Waals surface area contributed by atoms with E-state index >= 15 is 0 Å². The van der Waals surface area contributed by atoms with Crippen molar-refractivity contribution in [1.29, 1.82) is 5.26 Å². The summed E-state index contributed by atoms with van der Waals surface area (Å²) in [6.07, 6.45) is 4.10. The molecule has 1 aromatic heterocycles. The molecule has 5 nitrogen and oxygen atoms in total. The number of hydrogen-bond donors (Lipinski definition) is 1. The Morgan fingerprint density at radius 1 is 1.37 bits per heavy atom. The van der Waals surface area contributed by atoms with Crippen molar-refractivity contribution in [2.75, 3.05) is 18.2 Å². The topological polar surface area (TPSA) is 75.0 Å². The van der Waals surface area contributed by atoms with Crippen LogP contribution in [0.3, 0.4) is 0 Å². The lowest BCUT2D eigenvalue weighted by atomic mass is 9.88. The molecule has 1 N–H and O–H groups in total. The first-order valence-corrected chi connectivity index (χ1v) is 10.1. The second-order valence-corrected chi connectivity index (χ2v) is 7.71. The fourth-order valence-electron chi connectivity index (χ4n) is 3.25. The number of rotatable bonds is 5. The van der Waals surface area contributed by atoms with Crippen molar-refractivity contribution in [3.63, 3.8) is 0 Å². The first kappa shape index (κ1) is 19.5. The second-order valence-electron chi connectivity index (χ2n) is 6.34. The van der Waals surface area contributed by atoms with Gasteiger partial charge in [0.1, 0.15) is 16.8 Å². The normalized spacial score (nSPS) is 12.8. The molecule has 0 spiro atoms. The summed E-state index contributed by atoms with van der Waals surface area (Å²) in [5.41, 5.74) is 4.39. The van der Waals surface area contributed by atoms with Crippen molar-refractivity contribution < 1.29 is 9.53 Å². The van der Waals surface area contributed by atoms with Crippen LogP contribution in [-0.2, 0) is 17.6 Å². The number of fused-ring (bicyclic) bond motifs is 1. The van der Waals surface area contributed by atoms with Gasteiger partial charge in [-0.15, -0.1) is 0 Å². The highest BCUT2D eigenvalue weighted by Crippen LogP contribution is 2.32. The van der Waals surface area contributed by atoms with Crippen molar-refractivity contribution in [3.8, 4) is 11.8 Å². The van der Waals surface area contributed by atoms with Crippen LogP contribution in [0.5, 0.6) is 5.75 Å². The number of nitriles is 1. The van der Waals surface area contributed by atoms with Gasteiger partial charge in [0, 0.05) is 11.8 Å². The minimum Gasteiger partial charge on any atom is -0.497 e. The van der Waals surface area contributed by atoms with E-state index in [9.17, 15) is 10.1 Å². The van der Waals surface area contributed by atoms with Crippen molar-refractivity contribution in [3.05, 3.63) is 45.6 Å². The summed E-state index contributed by atoms with van der Waals surface area (Å²) in [5.74, 6) is 0.547. The van der Waals surface area contributed by atoms with E-state index in [1.165, 1.54) is 17.3 Å². The van der Waals surface area contributed by atoms with Crippen LogP contribution >= 0.6 is 23.4 Å². The Balaban J connectivity index is 1.74. The lowest BCUT2D eigenvalue weighted by Crippen LogP contribution is -2.15. The Labute approximate surface area is 168 Å². The van der Waals surface area contributed by atoms with Crippen molar-refractivity contribution in [2.45, 2.75) is 37.6 Å². The minimum absolute atomic E-state index is 0.146. The molecule has 1 aliphatic carbocycles. The van der Waals surface area contributed by atoms with Gasteiger partial charge in [-0.2, -0.15) is 5.26 Å². The first-order valence-electron chi connectivity index (χ1n) is 8.72. The minimum atomic E-state index is -0.212. The molecule has 140 valence electrons. The number of aryl methyl sites for hydroxylation is 1. The molecule has 7 heteroatoms. The predicted octanol–water partition coefficient (Wildman–Crippen LogP) is 4.53. The van der Waals surface area contributed by atoms with Gasteiger partial charge in [-0.05, 0) is 55.9 Å². The molecule has 0 fully saturated rings. The van der Waals surface area contributed by atoms with E-state index < -0.39 is 0 Å². The summed E-state index contributed by atoms with van der Waals surface area (Å²) < 4.78 is 5.16. The zero-order valence-corrected chi connectivity index (χ0v) is 16.8. The standard InChI is InChI=1S/C20H20ClN3O2S/c1-12-14-5-3-4-6-15(14)16(10-22)20(23-12)27-11-19(25)24-18-9-13(26-2)7-8-17(18)21/h7-9H,3-6,11H2,1-2H3,(H,24,25). The van der Waals surface area contributed by atoms with Gasteiger partial charge < -0.3 is 10.1 Å². The number of methoxy groups -OCH3 is 1. The number of carbonyl (C=O) groups excluding carboxylic acids is 1. The molecule has 0 saturated carbocycles. The molecule has 2 aromatic rings. The number of pyridine rings is 1. The molecule has 0 unspecified atom stereocenters. The van der Waals surface area contributed by atoms with E-state index in [1.54, 1.807) is 25.3 Å². The highest BCUT2D eigenvalue weighted by atomic mass is 35.5. The van der Waals surface area contributed by atoms with Crippen LogP contribution in [-0.4, -0.2) is 23.8 Å². The van der Waals surface area contributed by atoms with Crippen LogP contribution in [0.4, 0.5) is 5.69 Å². The van der Waals surface area contributed by atoms with Crippen LogP contribution in [0.15, 0.2) is 23.2 Å². The van der Waals surface area contributed by atoms with E-state index in [0.717, 1.165) is 36.9 Å². The number of aromatic nitrogens is 1. The van der Waals surface area contributed by atoms with Gasteiger partial charge in [-0.3, -0.25) is 4.79 Å². The third kappa shape index (κ3) is 4.37. The quantitative estimate of drug-likeness (QED) is 0.744. The monoisotopic (exact) mass is 401 g/mol. The van der Waals surface area contributed by atoms with Crippen LogP contribution in [0, 0.1) is 18.3 Å². The fourth-order valence-corrected chi connectivity index (χ4v) is 4.27. The number of halogens is 1. The number of carbonyl (C=O) groups is 1. The third-order valence-corrected chi connectivity index (χ3v) is 5.89. The maximum Gasteiger partial charge on any atom is 0.234 e. The maximum atomic E-state index is 12.4. The molecule has 3 rings (SSSR count). The molecular weight excluding hydrogens is 382 g/mol. The molecule has 1 aliphatic rings. The van der Waals surface area contributed by atoms with Gasteiger partial charge in [-0.25, -0.2) is 4.98 Å². The number of ether oxygens (including phenoxy) is 1. The Kier molecular flexibility index (Phi) is 6.25. The van der Waals surface area contributed by atoms with Crippen LogP contribution < -0.4 is 10.1 Å². The van der Waals surface area contributed by atoms with Gasteiger partial charge in [-0.1, -0.05) is 23.4 Å². The zero-order valence-electron chi connectivity index (χ0n) is 15.3. The number of nitrogens with zero attached hydrogens (tertiary/aromatic N) is 2. The average molecular weight is 402 g/mol.